The van der Waals surface area contributed by atoms with E-state index in [1.165, 1.54) is 12.5 Å². The van der Waals surface area contributed by atoms with Gasteiger partial charge in [-0.3, -0.25) is 9.59 Å². The molecule has 158 valence electrons. The first-order valence-electron chi connectivity index (χ1n) is 9.51. The van der Waals surface area contributed by atoms with Crippen molar-refractivity contribution in [3.8, 4) is 0 Å². The summed E-state index contributed by atoms with van der Waals surface area (Å²) in [6.45, 7) is 4.25. The van der Waals surface area contributed by atoms with Crippen LogP contribution in [0.2, 0.25) is 0 Å². The molecule has 10 nitrogen and oxygen atoms in total. The lowest BCUT2D eigenvalue weighted by Crippen LogP contribution is -2.55. The highest BCUT2D eigenvalue weighted by atomic mass is 16.4. The van der Waals surface area contributed by atoms with Crippen LogP contribution in [0.3, 0.4) is 0 Å². The van der Waals surface area contributed by atoms with Crippen molar-refractivity contribution in [3.05, 3.63) is 18.2 Å². The number of aromatic nitrogens is 2. The molecule has 0 saturated carbocycles. The predicted molar refractivity (Wildman–Crippen MR) is 104 cm³/mol. The fourth-order valence-corrected chi connectivity index (χ4v) is 2.71. The Balaban J connectivity index is 2.81. The number of carbonyl (C=O) groups is 3. The molecule has 0 fully saturated rings. The first-order chi connectivity index (χ1) is 13.2. The van der Waals surface area contributed by atoms with Crippen LogP contribution in [0.1, 0.15) is 45.2 Å². The monoisotopic (exact) mass is 396 g/mol. The van der Waals surface area contributed by atoms with E-state index in [2.05, 4.69) is 20.6 Å². The van der Waals surface area contributed by atoms with Crippen molar-refractivity contribution in [2.24, 2.45) is 17.4 Å². The first kappa shape index (κ1) is 23.6. The molecule has 0 saturated heterocycles. The first-order valence-corrected chi connectivity index (χ1v) is 9.51. The Hall–Kier alpha value is -2.46. The molecule has 0 aliphatic rings. The van der Waals surface area contributed by atoms with Gasteiger partial charge in [0.2, 0.25) is 11.8 Å². The number of carboxylic acids is 1. The number of unbranched alkanes of at least 4 members (excludes halogenated alkanes) is 1. The Labute approximate surface area is 164 Å². The van der Waals surface area contributed by atoms with Gasteiger partial charge in [-0.1, -0.05) is 20.3 Å². The third kappa shape index (κ3) is 8.49. The summed E-state index contributed by atoms with van der Waals surface area (Å²) in [6.07, 6.45) is 5.34. The van der Waals surface area contributed by atoms with Gasteiger partial charge in [0.05, 0.1) is 12.4 Å². The number of imidazole rings is 1. The summed E-state index contributed by atoms with van der Waals surface area (Å²) in [4.78, 5) is 43.3. The minimum absolute atomic E-state index is 0.0815. The summed E-state index contributed by atoms with van der Waals surface area (Å²) in [5, 5.41) is 14.5. The summed E-state index contributed by atoms with van der Waals surface area (Å²) in [5.74, 6) is -2.08. The second-order valence-electron chi connectivity index (χ2n) is 7.26. The molecule has 1 aromatic heterocycles. The van der Waals surface area contributed by atoms with Gasteiger partial charge in [-0.2, -0.15) is 0 Å². The number of rotatable bonds is 13. The molecule has 0 spiro atoms. The minimum atomic E-state index is -1.12. The van der Waals surface area contributed by atoms with E-state index in [1.54, 1.807) is 0 Å². The minimum Gasteiger partial charge on any atom is -0.480 e. The maximum absolute atomic E-state index is 12.7. The molecule has 8 N–H and O–H groups in total. The van der Waals surface area contributed by atoms with Gasteiger partial charge < -0.3 is 32.2 Å². The molecule has 1 heterocycles. The number of hydrogen-bond acceptors (Lipinski definition) is 6. The van der Waals surface area contributed by atoms with Gasteiger partial charge >= 0.3 is 5.97 Å². The summed E-state index contributed by atoms with van der Waals surface area (Å²) in [7, 11) is 0. The quantitative estimate of drug-likeness (QED) is 0.244. The summed E-state index contributed by atoms with van der Waals surface area (Å²) >= 11 is 0. The Morgan fingerprint density at radius 1 is 1.18 bits per heavy atom. The van der Waals surface area contributed by atoms with E-state index in [9.17, 15) is 19.5 Å². The second kappa shape index (κ2) is 12.1. The van der Waals surface area contributed by atoms with Crippen molar-refractivity contribution in [2.45, 2.75) is 64.1 Å². The molecule has 0 aromatic carbocycles. The Kier molecular flexibility index (Phi) is 10.2. The number of hydrogen-bond donors (Lipinski definition) is 6. The van der Waals surface area contributed by atoms with Gasteiger partial charge in [-0.25, -0.2) is 9.78 Å². The van der Waals surface area contributed by atoms with Crippen LogP contribution in [0.15, 0.2) is 12.5 Å². The van der Waals surface area contributed by atoms with Crippen molar-refractivity contribution >= 4 is 17.8 Å². The van der Waals surface area contributed by atoms with Gasteiger partial charge in [-0.15, -0.1) is 0 Å². The molecule has 0 aliphatic carbocycles. The van der Waals surface area contributed by atoms with Gasteiger partial charge in [0.15, 0.2) is 0 Å². The predicted octanol–water partition coefficient (Wildman–Crippen LogP) is -0.491. The topological polar surface area (TPSA) is 176 Å². The average Bonchev–Trinajstić information content (AvgIpc) is 3.13. The molecule has 28 heavy (non-hydrogen) atoms. The third-order valence-corrected chi connectivity index (χ3v) is 4.24. The van der Waals surface area contributed by atoms with Crippen molar-refractivity contribution in [3.63, 3.8) is 0 Å². The van der Waals surface area contributed by atoms with Crippen LogP contribution < -0.4 is 22.1 Å². The van der Waals surface area contributed by atoms with E-state index in [-0.39, 0.29) is 18.8 Å². The van der Waals surface area contributed by atoms with E-state index >= 15 is 0 Å². The zero-order valence-electron chi connectivity index (χ0n) is 16.5. The molecule has 0 bridgehead atoms. The van der Waals surface area contributed by atoms with Crippen molar-refractivity contribution in [1.82, 2.24) is 20.6 Å². The lowest BCUT2D eigenvalue weighted by atomic mass is 10.0. The fourth-order valence-electron chi connectivity index (χ4n) is 2.71. The Morgan fingerprint density at radius 2 is 1.86 bits per heavy atom. The van der Waals surface area contributed by atoms with Crippen LogP contribution in [0, 0.1) is 5.92 Å². The molecule has 3 atom stereocenters. The summed E-state index contributed by atoms with van der Waals surface area (Å²) in [6, 6.07) is -2.77. The normalized spacial score (nSPS) is 14.3. The number of nitrogens with two attached hydrogens (primary N) is 2. The Bertz CT molecular complexity index is 620. The highest BCUT2D eigenvalue weighted by Gasteiger charge is 2.28. The van der Waals surface area contributed by atoms with Crippen molar-refractivity contribution < 1.29 is 19.5 Å². The van der Waals surface area contributed by atoms with E-state index in [0.717, 1.165) is 6.42 Å². The highest BCUT2D eigenvalue weighted by Crippen LogP contribution is 2.07. The summed E-state index contributed by atoms with van der Waals surface area (Å²) in [5.41, 5.74) is 12.0. The van der Waals surface area contributed by atoms with E-state index in [0.29, 0.717) is 25.1 Å². The lowest BCUT2D eigenvalue weighted by molar-refractivity contribution is -0.142. The summed E-state index contributed by atoms with van der Waals surface area (Å²) < 4.78 is 0. The number of nitrogens with one attached hydrogen (secondary N) is 3. The molecule has 1 rings (SSSR count). The molecule has 3 unspecified atom stereocenters. The van der Waals surface area contributed by atoms with Crippen LogP contribution >= 0.6 is 0 Å². The molecular formula is C18H32N6O4. The van der Waals surface area contributed by atoms with E-state index in [4.69, 9.17) is 11.5 Å². The molecule has 0 aliphatic heterocycles. The molecule has 10 heteroatoms. The largest absolute Gasteiger partial charge is 0.480 e. The van der Waals surface area contributed by atoms with E-state index in [1.807, 2.05) is 13.8 Å². The number of aromatic amines is 1. The number of carboxylic acid groups (broad SMARTS) is 1. The maximum Gasteiger partial charge on any atom is 0.326 e. The average molecular weight is 396 g/mol. The van der Waals surface area contributed by atoms with Crippen LogP contribution in [0.5, 0.6) is 0 Å². The van der Waals surface area contributed by atoms with Gasteiger partial charge in [-0.05, 0) is 31.7 Å². The number of H-pyrrole nitrogens is 1. The Morgan fingerprint density at radius 3 is 2.39 bits per heavy atom. The third-order valence-electron chi connectivity index (χ3n) is 4.24. The molecule has 1 aromatic rings. The van der Waals surface area contributed by atoms with Crippen LogP contribution in [0.25, 0.3) is 0 Å². The second-order valence-corrected chi connectivity index (χ2v) is 7.26. The number of amides is 2. The van der Waals surface area contributed by atoms with Crippen LogP contribution in [0.4, 0.5) is 0 Å². The zero-order chi connectivity index (χ0) is 21.1. The molecule has 0 radical (unpaired) electrons. The van der Waals surface area contributed by atoms with Gasteiger partial charge in [0, 0.05) is 18.3 Å². The molecule has 2 amide bonds. The van der Waals surface area contributed by atoms with Crippen LogP contribution in [-0.4, -0.2) is 57.5 Å². The highest BCUT2D eigenvalue weighted by molar-refractivity contribution is 5.91. The number of nitrogens with zero attached hydrogens (tertiary/aromatic N) is 1. The smallest absolute Gasteiger partial charge is 0.326 e. The van der Waals surface area contributed by atoms with Crippen molar-refractivity contribution in [2.75, 3.05) is 6.54 Å². The van der Waals surface area contributed by atoms with Crippen LogP contribution in [-0.2, 0) is 20.8 Å². The number of carbonyl (C=O) groups excluding carboxylic acids is 2. The SMILES string of the molecule is CC(C)CC(NC(=O)C(Cc1cnc[nH]1)NC(=O)C(N)CCCCN)C(=O)O. The van der Waals surface area contributed by atoms with Gasteiger partial charge in [0.1, 0.15) is 12.1 Å². The number of aliphatic carboxylic acids is 1. The maximum atomic E-state index is 12.7. The standard InChI is InChI=1S/C18H32N6O4/c1-11(2)7-15(18(27)28)24-17(26)14(8-12-9-21-10-22-12)23-16(25)13(20)5-3-4-6-19/h9-11,13-15H,3-8,19-20H2,1-2H3,(H,21,22)(H,23,25)(H,24,26)(H,27,28). The fraction of sp³-hybridized carbons (Fsp3) is 0.667. The molecular weight excluding hydrogens is 364 g/mol. The van der Waals surface area contributed by atoms with Gasteiger partial charge in [0.25, 0.3) is 0 Å². The van der Waals surface area contributed by atoms with Crippen molar-refractivity contribution in [1.29, 1.82) is 0 Å². The van der Waals surface area contributed by atoms with E-state index < -0.39 is 35.9 Å². The lowest BCUT2D eigenvalue weighted by Gasteiger charge is -2.23. The zero-order valence-corrected chi connectivity index (χ0v) is 16.5.